The molecule has 2 aromatic rings. The Kier molecular flexibility index (Phi) is 25.9. The minimum atomic E-state index is -1.31. The minimum absolute atomic E-state index is 0.0211. The normalized spacial score (nSPS) is 26.5. The van der Waals surface area contributed by atoms with E-state index in [1.54, 1.807) is 76.2 Å². The molecule has 3 saturated heterocycles. The number of hydrogen-bond donors (Lipinski definition) is 9. The van der Waals surface area contributed by atoms with E-state index in [1.807, 2.05) is 46.8 Å². The zero-order chi connectivity index (χ0) is 61.1. The largest absolute Gasteiger partial charge is 0.343 e. The lowest BCUT2D eigenvalue weighted by atomic mass is 9.98. The molecule has 10 atom stereocenters. The lowest BCUT2D eigenvalue weighted by Crippen LogP contribution is -2.63. The van der Waals surface area contributed by atoms with E-state index in [0.29, 0.717) is 43.2 Å². The summed E-state index contributed by atoms with van der Waals surface area (Å²) >= 11 is 0. The monoisotopic (exact) mass is 1150 g/mol. The summed E-state index contributed by atoms with van der Waals surface area (Å²) in [5.74, 6) is -1.32. The number of benzene rings is 2. The number of fused-ring (bicyclic) bond motifs is 2. The van der Waals surface area contributed by atoms with Crippen molar-refractivity contribution in [3.8, 4) is 0 Å². The number of amides is 10. The molecular weight excluding hydrogens is 1060 g/mol. The van der Waals surface area contributed by atoms with Crippen molar-refractivity contribution in [2.24, 2.45) is 35.2 Å². The lowest BCUT2D eigenvalue weighted by Gasteiger charge is -2.34. The van der Waals surface area contributed by atoms with Crippen LogP contribution in [0, 0.1) is 23.7 Å². The van der Waals surface area contributed by atoms with E-state index in [1.165, 1.54) is 9.80 Å². The first-order valence-electron chi connectivity index (χ1n) is 30.0. The van der Waals surface area contributed by atoms with E-state index in [2.05, 4.69) is 37.2 Å². The highest BCUT2D eigenvalue weighted by molar-refractivity contribution is 6.00. The van der Waals surface area contributed by atoms with E-state index in [0.717, 1.165) is 5.01 Å². The van der Waals surface area contributed by atoms with Crippen LogP contribution in [0.15, 0.2) is 60.7 Å². The number of hydrazine groups is 1. The predicted molar refractivity (Wildman–Crippen MR) is 314 cm³/mol. The Morgan fingerprint density at radius 2 is 0.880 bits per heavy atom. The molecule has 1 unspecified atom stereocenters. The third kappa shape index (κ3) is 19.0. The van der Waals surface area contributed by atoms with E-state index in [9.17, 15) is 47.9 Å². The van der Waals surface area contributed by atoms with Crippen LogP contribution in [-0.4, -0.2) is 154 Å². The van der Waals surface area contributed by atoms with Crippen molar-refractivity contribution in [3.05, 3.63) is 71.8 Å². The fourth-order valence-electron chi connectivity index (χ4n) is 11.1. The Morgan fingerprint density at radius 1 is 0.470 bits per heavy atom. The number of nitrogens with one attached hydrogen (secondary N) is 7. The molecule has 22 nitrogen and oxygen atoms in total. The Hall–Kier alpha value is -6.94. The van der Waals surface area contributed by atoms with E-state index >= 15 is 0 Å². The number of hydrogen-bond acceptors (Lipinski definition) is 12. The van der Waals surface area contributed by atoms with Crippen LogP contribution in [0.25, 0.3) is 0 Å². The van der Waals surface area contributed by atoms with Crippen LogP contribution in [0.4, 0.5) is 0 Å². The molecule has 3 aliphatic heterocycles. The maximum atomic E-state index is 15.0. The van der Waals surface area contributed by atoms with Crippen molar-refractivity contribution in [2.75, 3.05) is 19.6 Å². The summed E-state index contributed by atoms with van der Waals surface area (Å²) in [5.41, 5.74) is 7.34. The third-order valence-electron chi connectivity index (χ3n) is 15.7. The van der Waals surface area contributed by atoms with Crippen molar-refractivity contribution in [3.63, 3.8) is 0 Å². The fourth-order valence-corrected chi connectivity index (χ4v) is 11.1. The molecule has 0 aliphatic carbocycles. The van der Waals surface area contributed by atoms with Crippen LogP contribution >= 0.6 is 0 Å². The molecule has 5 rings (SSSR count). The third-order valence-corrected chi connectivity index (χ3v) is 15.7. The average molecular weight is 1160 g/mol. The Morgan fingerprint density at radius 3 is 1.30 bits per heavy atom. The standard InChI is InChI=1S/C61H94N12O10/c1-10-11-26-49-57(79)66-44(33-37(4)5)54(76)68-46(35-41-23-16-13-17-24-41)59(81)71-30-19-27-47(71)55(77)69-50(38(6)7)58(80)64-42(25-18-29-62)52(74)65-43(32-36(2)3)53(75)67-45(34-40-21-14-12-15-22-40)60(82)72-31-20-28-48(72)56(78)70-51(39(8)9)61(83)73(49)63/h12-17,21-24,36-39,42-51H,10-11,18-20,25-35,62-63H2,1-9H3,(H,64,80)(H,65,74)(H,66,79)(H,67,75)(H,68,76)(H,69,77)(H,70,78)/t42-,43-,44?,45+,46+,47-,48-,49-,50-,51-/m0/s1. The molecule has 10 amide bonds. The highest BCUT2D eigenvalue weighted by Gasteiger charge is 2.44. The van der Waals surface area contributed by atoms with Crippen molar-refractivity contribution < 1.29 is 47.9 Å². The fraction of sp³-hybridized carbons (Fsp3) is 0.639. The van der Waals surface area contributed by atoms with Gasteiger partial charge >= 0.3 is 0 Å². The molecule has 0 saturated carbocycles. The van der Waals surface area contributed by atoms with Crippen molar-refractivity contribution in [1.29, 1.82) is 0 Å². The summed E-state index contributed by atoms with van der Waals surface area (Å²) in [6.07, 6.45) is 3.19. The predicted octanol–water partition coefficient (Wildman–Crippen LogP) is 2.27. The quantitative estimate of drug-likeness (QED) is 0.0864. The smallest absolute Gasteiger partial charge is 0.260 e. The number of carbonyl (C=O) groups excluding carboxylic acids is 10. The first-order chi connectivity index (χ1) is 39.4. The Bertz CT molecular complexity index is 2530. The molecule has 0 radical (unpaired) electrons. The summed E-state index contributed by atoms with van der Waals surface area (Å²) in [6.45, 7) is 16.7. The van der Waals surface area contributed by atoms with Gasteiger partial charge in [0.05, 0.1) is 0 Å². The van der Waals surface area contributed by atoms with Gasteiger partial charge in [0.1, 0.15) is 60.4 Å². The van der Waals surface area contributed by atoms with Gasteiger partial charge in [-0.3, -0.25) is 53.0 Å². The topological polar surface area (TPSA) is 317 Å². The molecular formula is C61H94N12O10. The highest BCUT2D eigenvalue weighted by atomic mass is 16.2. The Balaban J connectivity index is 1.60. The summed E-state index contributed by atoms with van der Waals surface area (Å²) in [6, 6.07) is 6.04. The summed E-state index contributed by atoms with van der Waals surface area (Å²) in [7, 11) is 0. The Labute approximate surface area is 490 Å². The van der Waals surface area contributed by atoms with Gasteiger partial charge in [-0.05, 0) is 99.1 Å². The first kappa shape index (κ1) is 66.9. The molecule has 3 aliphatic rings. The molecule has 2 aromatic carbocycles. The second kappa shape index (κ2) is 32.2. The molecule has 458 valence electrons. The van der Waals surface area contributed by atoms with Gasteiger partial charge in [-0.25, -0.2) is 5.84 Å². The number of rotatable bonds is 16. The molecule has 11 N–H and O–H groups in total. The molecule has 0 spiro atoms. The van der Waals surface area contributed by atoms with Crippen LogP contribution in [0.2, 0.25) is 0 Å². The molecule has 83 heavy (non-hydrogen) atoms. The zero-order valence-electron chi connectivity index (χ0n) is 50.2. The van der Waals surface area contributed by atoms with Gasteiger partial charge in [0.15, 0.2) is 0 Å². The summed E-state index contributed by atoms with van der Waals surface area (Å²) in [5, 5.41) is 20.9. The second-order valence-corrected chi connectivity index (χ2v) is 24.1. The van der Waals surface area contributed by atoms with Crippen molar-refractivity contribution in [1.82, 2.24) is 52.0 Å². The van der Waals surface area contributed by atoms with Crippen molar-refractivity contribution >= 4 is 59.1 Å². The van der Waals surface area contributed by atoms with Crippen LogP contribution in [0.1, 0.15) is 144 Å². The van der Waals surface area contributed by atoms with Gasteiger partial charge in [-0.15, -0.1) is 0 Å². The minimum Gasteiger partial charge on any atom is -0.343 e. The zero-order valence-corrected chi connectivity index (χ0v) is 50.2. The second-order valence-electron chi connectivity index (χ2n) is 24.1. The highest BCUT2D eigenvalue weighted by Crippen LogP contribution is 2.24. The van der Waals surface area contributed by atoms with Crippen LogP contribution in [0.3, 0.4) is 0 Å². The number of carbonyl (C=O) groups is 10. The van der Waals surface area contributed by atoms with E-state index in [4.69, 9.17) is 11.6 Å². The molecule has 3 heterocycles. The average Bonchev–Trinajstić information content (AvgIpc) is 4.36. The lowest BCUT2D eigenvalue weighted by molar-refractivity contribution is -0.147. The number of nitrogens with zero attached hydrogens (tertiary/aromatic N) is 3. The first-order valence-corrected chi connectivity index (χ1v) is 30.0. The van der Waals surface area contributed by atoms with Crippen LogP contribution < -0.4 is 48.8 Å². The summed E-state index contributed by atoms with van der Waals surface area (Å²) < 4.78 is 0. The molecule has 3 fully saturated rings. The van der Waals surface area contributed by atoms with Gasteiger partial charge in [0.2, 0.25) is 53.2 Å². The molecule has 22 heteroatoms. The maximum Gasteiger partial charge on any atom is 0.260 e. The number of unbranched alkanes of at least 4 members (excludes halogenated alkanes) is 1. The van der Waals surface area contributed by atoms with Crippen LogP contribution in [0.5, 0.6) is 0 Å². The summed E-state index contributed by atoms with van der Waals surface area (Å²) in [4.78, 5) is 149. The van der Waals surface area contributed by atoms with Crippen molar-refractivity contribution in [2.45, 2.75) is 206 Å². The van der Waals surface area contributed by atoms with Gasteiger partial charge in [0.25, 0.3) is 5.91 Å². The van der Waals surface area contributed by atoms with E-state index < -0.39 is 131 Å². The van der Waals surface area contributed by atoms with Gasteiger partial charge < -0.3 is 52.8 Å². The van der Waals surface area contributed by atoms with Gasteiger partial charge in [0, 0.05) is 25.9 Å². The van der Waals surface area contributed by atoms with Crippen LogP contribution in [-0.2, 0) is 60.8 Å². The van der Waals surface area contributed by atoms with E-state index in [-0.39, 0.29) is 82.8 Å². The number of nitrogens with two attached hydrogens (primary N) is 2. The van der Waals surface area contributed by atoms with Gasteiger partial charge in [-0.2, -0.15) is 0 Å². The SMILES string of the molecule is CCCC[C@H]1C(=O)NC(CC(C)C)C(=O)N[C@H](Cc2ccccc2)C(=O)N2CCC[C@H]2C(=O)N[C@@H](C(C)C)C(=O)N[C@@H](CCCN)C(=O)N[C@@H](CC(C)C)C(=O)N[C@H](Cc2ccccc2)C(=O)N2CCC[C@H]2C(=O)N[C@@H](C(C)C)C(=O)N1N. The molecule has 0 aromatic heterocycles. The maximum absolute atomic E-state index is 15.0. The molecule has 0 bridgehead atoms. The van der Waals surface area contributed by atoms with Gasteiger partial charge in [-0.1, -0.05) is 136 Å².